The van der Waals surface area contributed by atoms with Crippen LogP contribution in [0.25, 0.3) is 0 Å². The zero-order chi connectivity index (χ0) is 23.1. The van der Waals surface area contributed by atoms with Gasteiger partial charge in [-0.1, -0.05) is 42.9 Å². The first kappa shape index (κ1) is 25.2. The fraction of sp³-hybridized carbons (Fsp3) is 0.731. The second kappa shape index (κ2) is 11.6. The summed E-state index contributed by atoms with van der Waals surface area (Å²) in [4.78, 5) is 12.2. The SMILES string of the molecule is COC/C=C\CC(=O)N[C@@H]1C[C@H](C)[C@H](C/C=C(C)/C=C/[C@@H]2C[C@]3(CCO2)OC3C)O[C@@H]1C. The van der Waals surface area contributed by atoms with Crippen LogP contribution in [0.15, 0.2) is 36.0 Å². The molecule has 3 saturated heterocycles. The maximum absolute atomic E-state index is 12.2. The summed E-state index contributed by atoms with van der Waals surface area (Å²) < 4.78 is 23.0. The fourth-order valence-corrected chi connectivity index (χ4v) is 4.76. The molecule has 0 aromatic rings. The van der Waals surface area contributed by atoms with Crippen molar-refractivity contribution < 1.29 is 23.7 Å². The first-order valence-electron chi connectivity index (χ1n) is 12.1. The number of epoxide rings is 1. The van der Waals surface area contributed by atoms with Gasteiger partial charge in [0.1, 0.15) is 0 Å². The lowest BCUT2D eigenvalue weighted by molar-refractivity contribution is -0.127. The number of methoxy groups -OCH3 is 1. The lowest BCUT2D eigenvalue weighted by atomic mass is 9.88. The molecule has 0 aromatic carbocycles. The number of allylic oxidation sites excluding steroid dienone is 2. The fourth-order valence-electron chi connectivity index (χ4n) is 4.76. The highest BCUT2D eigenvalue weighted by atomic mass is 16.6. The lowest BCUT2D eigenvalue weighted by Gasteiger charge is -2.39. The molecular weight excluding hydrogens is 406 g/mol. The Balaban J connectivity index is 1.42. The first-order valence-corrected chi connectivity index (χ1v) is 12.1. The van der Waals surface area contributed by atoms with Crippen molar-refractivity contribution in [3.63, 3.8) is 0 Å². The van der Waals surface area contributed by atoms with Crippen molar-refractivity contribution in [1.82, 2.24) is 5.32 Å². The van der Waals surface area contributed by atoms with E-state index >= 15 is 0 Å². The van der Waals surface area contributed by atoms with E-state index in [2.05, 4.69) is 51.2 Å². The zero-order valence-electron chi connectivity index (χ0n) is 20.3. The number of hydrogen-bond acceptors (Lipinski definition) is 5. The third-order valence-electron chi connectivity index (χ3n) is 7.04. The van der Waals surface area contributed by atoms with Gasteiger partial charge in [0.25, 0.3) is 0 Å². The van der Waals surface area contributed by atoms with Crippen molar-refractivity contribution in [2.75, 3.05) is 20.3 Å². The molecule has 1 unspecified atom stereocenters. The van der Waals surface area contributed by atoms with Crippen LogP contribution in [0.1, 0.15) is 59.8 Å². The Morgan fingerprint density at radius 3 is 2.75 bits per heavy atom. The summed E-state index contributed by atoms with van der Waals surface area (Å²) in [5, 5.41) is 3.13. The third-order valence-corrected chi connectivity index (χ3v) is 7.04. The van der Waals surface area contributed by atoms with E-state index < -0.39 is 0 Å². The molecule has 0 radical (unpaired) electrons. The van der Waals surface area contributed by atoms with Gasteiger partial charge in [-0.2, -0.15) is 0 Å². The molecule has 6 heteroatoms. The van der Waals surface area contributed by atoms with Crippen LogP contribution in [0.4, 0.5) is 0 Å². The van der Waals surface area contributed by atoms with E-state index in [-0.39, 0.29) is 35.9 Å². The topological polar surface area (TPSA) is 69.3 Å². The first-order chi connectivity index (χ1) is 15.3. The molecular formula is C26H41NO5. The Kier molecular flexibility index (Phi) is 9.12. The summed E-state index contributed by atoms with van der Waals surface area (Å²) in [7, 11) is 1.64. The van der Waals surface area contributed by atoms with E-state index in [1.165, 1.54) is 5.57 Å². The summed E-state index contributed by atoms with van der Waals surface area (Å²) in [6, 6.07) is 0.0531. The van der Waals surface area contributed by atoms with Crippen LogP contribution in [0.5, 0.6) is 0 Å². The average molecular weight is 448 g/mol. The Labute approximate surface area is 193 Å². The molecule has 0 saturated carbocycles. The molecule has 1 amide bonds. The average Bonchev–Trinajstić information content (AvgIpc) is 3.37. The number of amides is 1. The van der Waals surface area contributed by atoms with Gasteiger partial charge < -0.3 is 24.3 Å². The largest absolute Gasteiger partial charge is 0.381 e. The van der Waals surface area contributed by atoms with Crippen molar-refractivity contribution >= 4 is 5.91 Å². The maximum atomic E-state index is 12.2. The van der Waals surface area contributed by atoms with Crippen molar-refractivity contribution in [2.45, 2.75) is 95.9 Å². The van der Waals surface area contributed by atoms with Crippen LogP contribution in [0.2, 0.25) is 0 Å². The Hall–Kier alpha value is -1.47. The second-order valence-corrected chi connectivity index (χ2v) is 9.63. The van der Waals surface area contributed by atoms with E-state index in [1.807, 2.05) is 12.2 Å². The summed E-state index contributed by atoms with van der Waals surface area (Å²) in [5.41, 5.74) is 1.29. The molecule has 0 aliphatic carbocycles. The second-order valence-electron chi connectivity index (χ2n) is 9.63. The molecule has 1 spiro atoms. The minimum absolute atomic E-state index is 0.000266. The highest BCUT2D eigenvalue weighted by Gasteiger charge is 2.55. The summed E-state index contributed by atoms with van der Waals surface area (Å²) in [6.07, 6.45) is 15.1. The molecule has 0 bridgehead atoms. The van der Waals surface area contributed by atoms with Gasteiger partial charge in [-0.05, 0) is 39.5 Å². The number of nitrogens with one attached hydrogen (secondary N) is 1. The van der Waals surface area contributed by atoms with Crippen molar-refractivity contribution in [2.24, 2.45) is 5.92 Å². The lowest BCUT2D eigenvalue weighted by Crippen LogP contribution is -2.50. The summed E-state index contributed by atoms with van der Waals surface area (Å²) >= 11 is 0. The number of carbonyl (C=O) groups is 1. The van der Waals surface area contributed by atoms with Gasteiger partial charge in [0, 0.05) is 26.4 Å². The number of rotatable bonds is 9. The van der Waals surface area contributed by atoms with E-state index in [1.54, 1.807) is 7.11 Å². The van der Waals surface area contributed by atoms with Gasteiger partial charge >= 0.3 is 0 Å². The molecule has 6 nitrogen and oxygen atoms in total. The molecule has 3 aliphatic heterocycles. The normalized spacial score (nSPS) is 38.0. The standard InChI is InChI=1S/C26H41NO5/c1-18(9-11-22-17-26(13-15-30-22)21(4)32-26)10-12-24-19(2)16-23(20(3)31-24)27-25(28)8-6-7-14-29-5/h6-7,9-11,19-24H,8,12-17H2,1-5H3,(H,27,28)/b7-6-,11-9+,18-10+/t19-,20+,21?,22+,23+,24-,26-/m0/s1. The Morgan fingerprint density at radius 1 is 1.25 bits per heavy atom. The van der Waals surface area contributed by atoms with Gasteiger partial charge in [-0.25, -0.2) is 0 Å². The van der Waals surface area contributed by atoms with Gasteiger partial charge in [0.2, 0.25) is 5.91 Å². The van der Waals surface area contributed by atoms with Crippen molar-refractivity contribution in [1.29, 1.82) is 0 Å². The highest BCUT2D eigenvalue weighted by molar-refractivity contribution is 5.77. The molecule has 3 rings (SSSR count). The van der Waals surface area contributed by atoms with Gasteiger partial charge in [-0.3, -0.25) is 4.79 Å². The smallest absolute Gasteiger partial charge is 0.224 e. The Bertz CT molecular complexity index is 717. The van der Waals surface area contributed by atoms with Crippen LogP contribution in [0, 0.1) is 5.92 Å². The monoisotopic (exact) mass is 447 g/mol. The molecule has 3 fully saturated rings. The van der Waals surface area contributed by atoms with Gasteiger partial charge in [-0.15, -0.1) is 0 Å². The molecule has 1 N–H and O–H groups in total. The van der Waals surface area contributed by atoms with E-state index in [9.17, 15) is 4.79 Å². The van der Waals surface area contributed by atoms with E-state index in [4.69, 9.17) is 18.9 Å². The molecule has 3 aliphatic rings. The Morgan fingerprint density at radius 2 is 2.03 bits per heavy atom. The van der Waals surface area contributed by atoms with Crippen LogP contribution < -0.4 is 5.32 Å². The quantitative estimate of drug-likeness (QED) is 0.327. The predicted octanol–water partition coefficient (Wildman–Crippen LogP) is 4.11. The summed E-state index contributed by atoms with van der Waals surface area (Å²) in [6.45, 7) is 9.84. The van der Waals surface area contributed by atoms with Crippen LogP contribution in [-0.2, 0) is 23.7 Å². The molecule has 7 atom stereocenters. The maximum Gasteiger partial charge on any atom is 0.224 e. The van der Waals surface area contributed by atoms with Crippen LogP contribution >= 0.6 is 0 Å². The molecule has 3 heterocycles. The predicted molar refractivity (Wildman–Crippen MR) is 125 cm³/mol. The van der Waals surface area contributed by atoms with Gasteiger partial charge in [0.05, 0.1) is 49.3 Å². The molecule has 180 valence electrons. The van der Waals surface area contributed by atoms with Crippen molar-refractivity contribution in [3.05, 3.63) is 36.0 Å². The van der Waals surface area contributed by atoms with Crippen LogP contribution in [0.3, 0.4) is 0 Å². The third kappa shape index (κ3) is 7.01. The zero-order valence-corrected chi connectivity index (χ0v) is 20.3. The van der Waals surface area contributed by atoms with E-state index in [0.29, 0.717) is 25.0 Å². The minimum Gasteiger partial charge on any atom is -0.381 e. The summed E-state index contributed by atoms with van der Waals surface area (Å²) in [5.74, 6) is 0.408. The molecule has 0 aromatic heterocycles. The number of hydrogen-bond donors (Lipinski definition) is 1. The van der Waals surface area contributed by atoms with Crippen LogP contribution in [-0.4, -0.2) is 62.3 Å². The minimum atomic E-state index is -0.000266. The molecule has 32 heavy (non-hydrogen) atoms. The number of ether oxygens (including phenoxy) is 4. The van der Waals surface area contributed by atoms with E-state index in [0.717, 1.165) is 32.3 Å². The van der Waals surface area contributed by atoms with Gasteiger partial charge in [0.15, 0.2) is 0 Å². The number of carbonyl (C=O) groups excluding carboxylic acids is 1. The highest BCUT2D eigenvalue weighted by Crippen LogP contribution is 2.46. The van der Waals surface area contributed by atoms with Crippen molar-refractivity contribution in [3.8, 4) is 0 Å².